The molecule has 2 aliphatic rings. The van der Waals surface area contributed by atoms with Gasteiger partial charge >= 0.3 is 0 Å². The molecule has 0 unspecified atom stereocenters. The van der Waals surface area contributed by atoms with Gasteiger partial charge in [0.25, 0.3) is 0 Å². The summed E-state index contributed by atoms with van der Waals surface area (Å²) in [7, 11) is 0. The first kappa shape index (κ1) is 22.5. The Morgan fingerprint density at radius 3 is 2.59 bits per heavy atom. The van der Waals surface area contributed by atoms with E-state index in [4.69, 9.17) is 0 Å². The van der Waals surface area contributed by atoms with Gasteiger partial charge in [-0.15, -0.1) is 10.2 Å². The largest absolute Gasteiger partial charge is 0.372 e. The van der Waals surface area contributed by atoms with Crippen molar-refractivity contribution >= 4 is 39.1 Å². The zero-order valence-electron chi connectivity index (χ0n) is 18.7. The number of anilines is 3. The van der Waals surface area contributed by atoms with Crippen LogP contribution in [0.15, 0.2) is 30.3 Å². The molecule has 3 heterocycles. The summed E-state index contributed by atoms with van der Waals surface area (Å²) in [5.41, 5.74) is 1.22. The Morgan fingerprint density at radius 2 is 1.91 bits per heavy atom. The molecule has 2 saturated heterocycles. The molecule has 2 fully saturated rings. The first-order chi connectivity index (χ1) is 15.7. The summed E-state index contributed by atoms with van der Waals surface area (Å²) in [4.78, 5) is 30.8. The van der Waals surface area contributed by atoms with Crippen LogP contribution < -0.4 is 20.0 Å². The maximum Gasteiger partial charge on any atom is 0.228 e. The second-order valence-electron chi connectivity index (χ2n) is 8.34. The van der Waals surface area contributed by atoms with E-state index in [1.807, 2.05) is 6.07 Å². The average Bonchev–Trinajstić information content (AvgIpc) is 3.48. The van der Waals surface area contributed by atoms with Crippen LogP contribution in [-0.2, 0) is 9.59 Å². The molecule has 1 N–H and O–H groups in total. The topological polar surface area (TPSA) is 81.7 Å². The molecule has 0 spiro atoms. The Morgan fingerprint density at radius 1 is 1.16 bits per heavy atom. The van der Waals surface area contributed by atoms with Gasteiger partial charge in [0.2, 0.25) is 22.1 Å². The van der Waals surface area contributed by atoms with Crippen molar-refractivity contribution in [2.24, 2.45) is 5.92 Å². The van der Waals surface area contributed by atoms with E-state index in [0.29, 0.717) is 18.1 Å². The Hall–Kier alpha value is -2.68. The molecule has 2 aromatic rings. The Labute approximate surface area is 193 Å². The number of rotatable bonds is 9. The minimum Gasteiger partial charge on any atom is -0.372 e. The third-order valence-electron chi connectivity index (χ3n) is 6.25. The van der Waals surface area contributed by atoms with E-state index in [1.54, 1.807) is 4.90 Å². The Kier molecular flexibility index (Phi) is 7.57. The molecule has 9 heteroatoms. The van der Waals surface area contributed by atoms with Crippen molar-refractivity contribution in [3.8, 4) is 0 Å². The number of nitrogens with one attached hydrogen (secondary N) is 1. The number of amides is 2. The summed E-state index contributed by atoms with van der Waals surface area (Å²) in [6.07, 6.45) is 4.04. The van der Waals surface area contributed by atoms with Gasteiger partial charge in [-0.2, -0.15) is 0 Å². The van der Waals surface area contributed by atoms with Crippen LogP contribution in [0.5, 0.6) is 0 Å². The molecule has 1 aromatic carbocycles. The van der Waals surface area contributed by atoms with Crippen molar-refractivity contribution in [3.05, 3.63) is 30.3 Å². The fourth-order valence-corrected chi connectivity index (χ4v) is 5.30. The number of hydrogen-bond donors (Lipinski definition) is 1. The summed E-state index contributed by atoms with van der Waals surface area (Å²) in [6, 6.07) is 10.4. The third-order valence-corrected chi connectivity index (χ3v) is 7.26. The van der Waals surface area contributed by atoms with Crippen LogP contribution in [0, 0.1) is 5.92 Å². The summed E-state index contributed by atoms with van der Waals surface area (Å²) in [5, 5.41) is 13.2. The lowest BCUT2D eigenvalue weighted by Crippen LogP contribution is -2.41. The van der Waals surface area contributed by atoms with E-state index in [9.17, 15) is 9.59 Å². The molecule has 0 radical (unpaired) electrons. The molecule has 4 rings (SSSR count). The highest BCUT2D eigenvalue weighted by molar-refractivity contribution is 7.19. The van der Waals surface area contributed by atoms with Crippen molar-refractivity contribution in [2.75, 3.05) is 54.0 Å². The average molecular weight is 457 g/mol. The van der Waals surface area contributed by atoms with Gasteiger partial charge in [0.15, 0.2) is 0 Å². The van der Waals surface area contributed by atoms with Crippen LogP contribution in [0.3, 0.4) is 0 Å². The van der Waals surface area contributed by atoms with Crippen LogP contribution in [-0.4, -0.2) is 61.3 Å². The zero-order chi connectivity index (χ0) is 22.3. The number of aromatic nitrogens is 2. The number of para-hydroxylation sites is 1. The van der Waals surface area contributed by atoms with Crippen molar-refractivity contribution in [1.29, 1.82) is 0 Å². The van der Waals surface area contributed by atoms with E-state index < -0.39 is 0 Å². The van der Waals surface area contributed by atoms with E-state index in [-0.39, 0.29) is 17.7 Å². The van der Waals surface area contributed by atoms with Crippen LogP contribution >= 0.6 is 11.3 Å². The minimum atomic E-state index is 0.0511. The lowest BCUT2D eigenvalue weighted by molar-refractivity contribution is -0.125. The van der Waals surface area contributed by atoms with Crippen molar-refractivity contribution in [3.63, 3.8) is 0 Å². The molecule has 0 aliphatic carbocycles. The number of carbonyl (C=O) groups excluding carboxylic acids is 2. The second-order valence-corrected chi connectivity index (χ2v) is 9.27. The number of carbonyl (C=O) groups is 2. The maximum atomic E-state index is 12.6. The van der Waals surface area contributed by atoms with Gasteiger partial charge in [-0.25, -0.2) is 0 Å². The smallest absolute Gasteiger partial charge is 0.228 e. The molecule has 8 nitrogen and oxygen atoms in total. The van der Waals surface area contributed by atoms with Crippen molar-refractivity contribution in [1.82, 2.24) is 15.5 Å². The first-order valence-electron chi connectivity index (χ1n) is 11.6. The first-order valence-corrected chi connectivity index (χ1v) is 12.4. The second kappa shape index (κ2) is 10.8. The summed E-state index contributed by atoms with van der Waals surface area (Å²) in [5.74, 6) is 0.345. The van der Waals surface area contributed by atoms with E-state index in [2.05, 4.69) is 56.5 Å². The highest BCUT2D eigenvalue weighted by atomic mass is 32.1. The normalized spacial score (nSPS) is 17.1. The van der Waals surface area contributed by atoms with Gasteiger partial charge in [0.05, 0.1) is 0 Å². The summed E-state index contributed by atoms with van der Waals surface area (Å²) >= 11 is 1.47. The van der Waals surface area contributed by atoms with Crippen LogP contribution in [0.1, 0.15) is 39.0 Å². The number of nitrogens with zero attached hydrogens (tertiary/aromatic N) is 5. The fraction of sp³-hybridized carbons (Fsp3) is 0.565. The quantitative estimate of drug-likeness (QED) is 0.585. The van der Waals surface area contributed by atoms with Crippen molar-refractivity contribution in [2.45, 2.75) is 39.0 Å². The number of hydrogen-bond acceptors (Lipinski definition) is 7. The maximum absolute atomic E-state index is 12.6. The zero-order valence-corrected chi connectivity index (χ0v) is 19.5. The van der Waals surface area contributed by atoms with Gasteiger partial charge in [0.1, 0.15) is 0 Å². The monoisotopic (exact) mass is 456 g/mol. The Bertz CT molecular complexity index is 897. The van der Waals surface area contributed by atoms with Crippen LogP contribution in [0.2, 0.25) is 0 Å². The molecule has 0 bridgehead atoms. The predicted molar refractivity (Wildman–Crippen MR) is 128 cm³/mol. The van der Waals surface area contributed by atoms with Gasteiger partial charge in [-0.1, -0.05) is 29.5 Å². The van der Waals surface area contributed by atoms with E-state index >= 15 is 0 Å². The molecular formula is C23H32N6O2S. The van der Waals surface area contributed by atoms with E-state index in [0.717, 1.165) is 63.5 Å². The minimum absolute atomic E-state index is 0.0511. The molecule has 172 valence electrons. The highest BCUT2D eigenvalue weighted by Crippen LogP contribution is 2.32. The molecule has 2 aliphatic heterocycles. The summed E-state index contributed by atoms with van der Waals surface area (Å²) < 4.78 is 0. The van der Waals surface area contributed by atoms with E-state index in [1.165, 1.54) is 17.0 Å². The SMILES string of the molecule is CCN(CCCNC(=O)C1CCN(c2nnc(N3CCCC3=O)s2)CC1)c1ccccc1. The summed E-state index contributed by atoms with van der Waals surface area (Å²) in [6.45, 7) is 7.05. The third kappa shape index (κ3) is 5.38. The van der Waals surface area contributed by atoms with Crippen molar-refractivity contribution < 1.29 is 9.59 Å². The van der Waals surface area contributed by atoms with Crippen LogP contribution in [0.25, 0.3) is 0 Å². The number of piperidine rings is 1. The van der Waals surface area contributed by atoms with Gasteiger partial charge in [0, 0.05) is 57.3 Å². The lowest BCUT2D eigenvalue weighted by Gasteiger charge is -2.30. The molecule has 2 amide bonds. The molecule has 0 saturated carbocycles. The lowest BCUT2D eigenvalue weighted by atomic mass is 9.96. The molecule has 1 aromatic heterocycles. The number of benzene rings is 1. The molecule has 32 heavy (non-hydrogen) atoms. The van der Waals surface area contributed by atoms with Gasteiger partial charge < -0.3 is 15.1 Å². The van der Waals surface area contributed by atoms with Crippen LogP contribution in [0.4, 0.5) is 16.0 Å². The molecule has 0 atom stereocenters. The van der Waals surface area contributed by atoms with Gasteiger partial charge in [-0.05, 0) is 44.7 Å². The van der Waals surface area contributed by atoms with Gasteiger partial charge in [-0.3, -0.25) is 14.5 Å². The molecular weight excluding hydrogens is 424 g/mol. The fourth-order valence-electron chi connectivity index (χ4n) is 4.36. The Balaban J connectivity index is 1.18. The highest BCUT2D eigenvalue weighted by Gasteiger charge is 2.29. The standard InChI is InChI=1S/C23H32N6O2S/c1-2-27(19-8-4-3-5-9-19)14-7-13-24-21(31)18-11-16-28(17-12-18)22-25-26-23(32-22)29-15-6-10-20(29)30/h3-5,8-9,18H,2,6-7,10-17H2,1H3,(H,24,31). The predicted octanol–water partition coefficient (Wildman–Crippen LogP) is 2.91.